The largest absolute Gasteiger partial charge is 0.416 e. The second-order valence-electron chi connectivity index (χ2n) is 7.47. The molecule has 1 amide bonds. The molecular weight excluding hydrogens is 334 g/mol. The zero-order valence-electron chi connectivity index (χ0n) is 15.3. The fourth-order valence-electron chi connectivity index (χ4n) is 3.68. The number of fused-ring (bicyclic) bond motifs is 1. The molecule has 2 aliphatic rings. The van der Waals surface area contributed by atoms with Gasteiger partial charge in [0.1, 0.15) is 6.26 Å². The molecule has 0 fully saturated rings. The van der Waals surface area contributed by atoms with Crippen molar-refractivity contribution in [2.24, 2.45) is 0 Å². The normalized spacial score (nSPS) is 23.5. The smallest absolute Gasteiger partial charge is 0.261 e. The Kier molecular flexibility index (Phi) is 6.15. The maximum atomic E-state index is 12.7. The second-order valence-corrected chi connectivity index (χ2v) is 8.61. The Morgan fingerprint density at radius 2 is 2.12 bits per heavy atom. The molecule has 0 bridgehead atoms. The van der Waals surface area contributed by atoms with Crippen LogP contribution in [0.1, 0.15) is 52.2 Å². The molecule has 5 nitrogen and oxygen atoms in total. The maximum absolute atomic E-state index is 12.7. The summed E-state index contributed by atoms with van der Waals surface area (Å²) < 4.78 is 0. The number of likely N-dealkylation sites (N-methyl/N-ethyl adjacent to an activating group) is 1. The Labute approximate surface area is 154 Å². The van der Waals surface area contributed by atoms with Crippen molar-refractivity contribution in [1.82, 2.24) is 15.7 Å². The minimum absolute atomic E-state index is 0.0335. The molecule has 1 aromatic heterocycles. The minimum Gasteiger partial charge on any atom is -0.416 e. The van der Waals surface area contributed by atoms with Crippen molar-refractivity contribution in [2.75, 3.05) is 27.2 Å². The third-order valence-corrected chi connectivity index (χ3v) is 6.11. The summed E-state index contributed by atoms with van der Waals surface area (Å²) in [4.78, 5) is 22.4. The number of hydroxylamine groups is 1. The first kappa shape index (κ1) is 18.4. The summed E-state index contributed by atoms with van der Waals surface area (Å²) >= 11 is 1.68. The molecule has 1 aliphatic carbocycles. The van der Waals surface area contributed by atoms with E-state index in [1.807, 2.05) is 20.2 Å². The van der Waals surface area contributed by atoms with Crippen LogP contribution in [-0.2, 0) is 17.7 Å². The van der Waals surface area contributed by atoms with Crippen molar-refractivity contribution < 1.29 is 9.63 Å². The van der Waals surface area contributed by atoms with Gasteiger partial charge in [0.05, 0.1) is 10.4 Å². The number of nitrogens with one attached hydrogen (secondary N) is 2. The summed E-state index contributed by atoms with van der Waals surface area (Å²) in [6.07, 6.45) is 11.8. The second kappa shape index (κ2) is 8.34. The highest BCUT2D eigenvalue weighted by Crippen LogP contribution is 2.28. The number of hydrogen-bond donors (Lipinski definition) is 2. The standard InChI is InChI=1S/C19H29N3O2S/c1-22(2)14-19(10-7-11-24-21-19)13-20-18(23)17-12-15-8-5-3-4-6-9-16(15)25-17/h7,11-12,21H,3-6,8-10,13-14H2,1-2H3,(H,20,23). The highest BCUT2D eigenvalue weighted by atomic mass is 32.1. The van der Waals surface area contributed by atoms with Gasteiger partial charge in [-0.25, -0.2) is 0 Å². The molecule has 2 heterocycles. The van der Waals surface area contributed by atoms with E-state index in [0.29, 0.717) is 6.54 Å². The van der Waals surface area contributed by atoms with Crippen LogP contribution < -0.4 is 10.8 Å². The van der Waals surface area contributed by atoms with Crippen LogP contribution in [0.2, 0.25) is 0 Å². The lowest BCUT2D eigenvalue weighted by atomic mass is 9.94. The van der Waals surface area contributed by atoms with Crippen LogP contribution in [-0.4, -0.2) is 43.5 Å². The summed E-state index contributed by atoms with van der Waals surface area (Å²) in [5.41, 5.74) is 4.19. The Balaban J connectivity index is 1.65. The summed E-state index contributed by atoms with van der Waals surface area (Å²) in [5, 5.41) is 3.12. The van der Waals surface area contributed by atoms with E-state index in [1.165, 1.54) is 36.1 Å². The molecule has 2 N–H and O–H groups in total. The van der Waals surface area contributed by atoms with E-state index in [9.17, 15) is 4.79 Å². The van der Waals surface area contributed by atoms with Crippen LogP contribution in [0.4, 0.5) is 0 Å². The van der Waals surface area contributed by atoms with Gasteiger partial charge in [0.2, 0.25) is 0 Å². The number of aryl methyl sites for hydroxylation is 2. The summed E-state index contributed by atoms with van der Waals surface area (Å²) in [5.74, 6) is 0.0335. The van der Waals surface area contributed by atoms with Crippen molar-refractivity contribution in [3.05, 3.63) is 33.7 Å². The van der Waals surface area contributed by atoms with E-state index < -0.39 is 0 Å². The van der Waals surface area contributed by atoms with Gasteiger partial charge in [0.15, 0.2) is 0 Å². The number of thiophene rings is 1. The fraction of sp³-hybridized carbons (Fsp3) is 0.632. The molecule has 6 heteroatoms. The molecule has 1 unspecified atom stereocenters. The SMILES string of the molecule is CN(C)CC1(CNC(=O)c2cc3c(s2)CCCCCC3)CC=CON1. The lowest BCUT2D eigenvalue weighted by Gasteiger charge is -2.37. The molecule has 3 rings (SSSR count). The van der Waals surface area contributed by atoms with Crippen LogP contribution in [0.5, 0.6) is 0 Å². The summed E-state index contributed by atoms with van der Waals surface area (Å²) in [6.45, 7) is 1.33. The van der Waals surface area contributed by atoms with E-state index in [0.717, 1.165) is 30.7 Å². The van der Waals surface area contributed by atoms with E-state index in [2.05, 4.69) is 21.8 Å². The number of amides is 1. The van der Waals surface area contributed by atoms with Gasteiger partial charge >= 0.3 is 0 Å². The summed E-state index contributed by atoms with van der Waals surface area (Å²) in [7, 11) is 4.06. The van der Waals surface area contributed by atoms with Crippen LogP contribution in [0, 0.1) is 0 Å². The molecule has 25 heavy (non-hydrogen) atoms. The number of carbonyl (C=O) groups is 1. The van der Waals surface area contributed by atoms with E-state index in [4.69, 9.17) is 4.84 Å². The highest BCUT2D eigenvalue weighted by molar-refractivity contribution is 7.14. The molecule has 0 radical (unpaired) electrons. The molecule has 1 aromatic rings. The fourth-order valence-corrected chi connectivity index (χ4v) is 4.85. The van der Waals surface area contributed by atoms with Crippen molar-refractivity contribution in [3.8, 4) is 0 Å². The van der Waals surface area contributed by atoms with Gasteiger partial charge in [-0.15, -0.1) is 16.8 Å². The van der Waals surface area contributed by atoms with Gasteiger partial charge in [0.25, 0.3) is 5.91 Å². The molecule has 1 aliphatic heterocycles. The van der Waals surface area contributed by atoms with Gasteiger partial charge in [-0.2, -0.15) is 0 Å². The Hall–Kier alpha value is -1.37. The zero-order chi connectivity index (χ0) is 17.7. The topological polar surface area (TPSA) is 53.6 Å². The highest BCUT2D eigenvalue weighted by Gasteiger charge is 2.33. The number of nitrogens with zero attached hydrogens (tertiary/aromatic N) is 1. The molecule has 138 valence electrons. The van der Waals surface area contributed by atoms with E-state index >= 15 is 0 Å². The monoisotopic (exact) mass is 363 g/mol. The summed E-state index contributed by atoms with van der Waals surface area (Å²) in [6, 6.07) is 2.12. The zero-order valence-corrected chi connectivity index (χ0v) is 16.1. The predicted molar refractivity (Wildman–Crippen MR) is 102 cm³/mol. The van der Waals surface area contributed by atoms with Crippen molar-refractivity contribution in [2.45, 2.75) is 50.5 Å². The molecule has 0 saturated heterocycles. The molecular formula is C19H29N3O2S. The van der Waals surface area contributed by atoms with Crippen LogP contribution in [0.15, 0.2) is 18.4 Å². The molecule has 0 saturated carbocycles. The lowest BCUT2D eigenvalue weighted by molar-refractivity contribution is 0.0157. The average Bonchev–Trinajstić information content (AvgIpc) is 2.95. The average molecular weight is 364 g/mol. The Morgan fingerprint density at radius 3 is 2.84 bits per heavy atom. The quantitative estimate of drug-likeness (QED) is 0.845. The Morgan fingerprint density at radius 1 is 1.32 bits per heavy atom. The van der Waals surface area contributed by atoms with Gasteiger partial charge in [-0.1, -0.05) is 12.8 Å². The minimum atomic E-state index is -0.292. The third-order valence-electron chi connectivity index (χ3n) is 4.87. The van der Waals surface area contributed by atoms with Crippen molar-refractivity contribution in [1.29, 1.82) is 0 Å². The van der Waals surface area contributed by atoms with E-state index in [-0.39, 0.29) is 11.4 Å². The van der Waals surface area contributed by atoms with E-state index in [1.54, 1.807) is 17.6 Å². The van der Waals surface area contributed by atoms with Gasteiger partial charge in [-0.05, 0) is 63.9 Å². The number of hydrogen-bond acceptors (Lipinski definition) is 5. The van der Waals surface area contributed by atoms with Crippen LogP contribution in [0.3, 0.4) is 0 Å². The van der Waals surface area contributed by atoms with Crippen LogP contribution in [0.25, 0.3) is 0 Å². The third kappa shape index (κ3) is 4.84. The molecule has 1 atom stereocenters. The lowest BCUT2D eigenvalue weighted by Crippen LogP contribution is -2.59. The first-order valence-electron chi connectivity index (χ1n) is 9.20. The van der Waals surface area contributed by atoms with Gasteiger partial charge < -0.3 is 15.1 Å². The first-order valence-corrected chi connectivity index (χ1v) is 10.0. The van der Waals surface area contributed by atoms with Gasteiger partial charge in [-0.3, -0.25) is 4.79 Å². The Bertz CT molecular complexity index is 601. The molecule has 0 spiro atoms. The molecule has 0 aromatic carbocycles. The van der Waals surface area contributed by atoms with Crippen LogP contribution >= 0.6 is 11.3 Å². The maximum Gasteiger partial charge on any atom is 0.261 e. The first-order chi connectivity index (χ1) is 12.1. The number of carbonyl (C=O) groups excluding carboxylic acids is 1. The van der Waals surface area contributed by atoms with Gasteiger partial charge in [0, 0.05) is 18.0 Å². The predicted octanol–water partition coefficient (Wildman–Crippen LogP) is 2.88. The van der Waals surface area contributed by atoms with Crippen molar-refractivity contribution >= 4 is 17.2 Å². The number of rotatable bonds is 5. The van der Waals surface area contributed by atoms with Crippen molar-refractivity contribution in [3.63, 3.8) is 0 Å².